The van der Waals surface area contributed by atoms with Crippen LogP contribution in [0.15, 0.2) is 113 Å². The van der Waals surface area contributed by atoms with Crippen molar-refractivity contribution in [3.8, 4) is 0 Å². The van der Waals surface area contributed by atoms with Crippen LogP contribution in [-0.4, -0.2) is 20.9 Å². The summed E-state index contributed by atoms with van der Waals surface area (Å²) in [6.45, 7) is 3.53. The molecule has 0 fully saturated rings. The Bertz CT molecular complexity index is 1440. The third kappa shape index (κ3) is 6.81. The Labute approximate surface area is 223 Å². The van der Waals surface area contributed by atoms with Gasteiger partial charge in [-0.1, -0.05) is 73.2 Å². The SMILES string of the molecule is CCc1ccccc1N(CC(=O)Nc1ccc(CSc2ccccc2)cc1)S(=O)(=O)c1ccc(C)cc1. The number of aryl methyl sites for hydroxylation is 2. The highest BCUT2D eigenvalue weighted by molar-refractivity contribution is 7.98. The lowest BCUT2D eigenvalue weighted by atomic mass is 10.1. The number of anilines is 2. The second-order valence-electron chi connectivity index (χ2n) is 8.65. The quantitative estimate of drug-likeness (QED) is 0.232. The molecule has 0 aliphatic rings. The Hall–Kier alpha value is -3.55. The molecule has 0 bridgehead atoms. The lowest BCUT2D eigenvalue weighted by Gasteiger charge is -2.26. The first kappa shape index (κ1) is 26.5. The first-order chi connectivity index (χ1) is 17.9. The minimum absolute atomic E-state index is 0.150. The van der Waals surface area contributed by atoms with Gasteiger partial charge in [0.2, 0.25) is 5.91 Å². The normalized spacial score (nSPS) is 11.2. The second-order valence-corrected chi connectivity index (χ2v) is 11.6. The van der Waals surface area contributed by atoms with Gasteiger partial charge in [0.05, 0.1) is 10.6 Å². The summed E-state index contributed by atoms with van der Waals surface area (Å²) in [6, 6.07) is 31.8. The van der Waals surface area contributed by atoms with E-state index in [0.29, 0.717) is 17.8 Å². The van der Waals surface area contributed by atoms with E-state index < -0.39 is 15.9 Å². The minimum Gasteiger partial charge on any atom is -0.325 e. The summed E-state index contributed by atoms with van der Waals surface area (Å²) >= 11 is 1.74. The van der Waals surface area contributed by atoms with Crippen molar-refractivity contribution >= 4 is 39.1 Å². The third-order valence-electron chi connectivity index (χ3n) is 5.92. The van der Waals surface area contributed by atoms with E-state index in [2.05, 4.69) is 17.4 Å². The number of amides is 1. The van der Waals surface area contributed by atoms with Crippen molar-refractivity contribution in [2.24, 2.45) is 0 Å². The van der Waals surface area contributed by atoms with E-state index in [1.807, 2.05) is 68.4 Å². The van der Waals surface area contributed by atoms with Gasteiger partial charge in [0.25, 0.3) is 10.0 Å². The number of nitrogens with one attached hydrogen (secondary N) is 1. The topological polar surface area (TPSA) is 66.5 Å². The molecule has 4 aromatic rings. The predicted molar refractivity (Wildman–Crippen MR) is 153 cm³/mol. The van der Waals surface area contributed by atoms with Gasteiger partial charge >= 0.3 is 0 Å². The lowest BCUT2D eigenvalue weighted by molar-refractivity contribution is -0.114. The van der Waals surface area contributed by atoms with E-state index in [1.165, 1.54) is 9.20 Å². The molecule has 0 aliphatic heterocycles. The molecule has 0 atom stereocenters. The summed E-state index contributed by atoms with van der Waals surface area (Å²) in [6.07, 6.45) is 0.639. The fraction of sp³-hybridized carbons (Fsp3) is 0.167. The summed E-state index contributed by atoms with van der Waals surface area (Å²) < 4.78 is 28.6. The van der Waals surface area contributed by atoms with Crippen LogP contribution in [0, 0.1) is 6.92 Å². The van der Waals surface area contributed by atoms with Crippen molar-refractivity contribution in [1.29, 1.82) is 0 Å². The van der Waals surface area contributed by atoms with Crippen molar-refractivity contribution in [2.75, 3.05) is 16.2 Å². The molecule has 0 radical (unpaired) electrons. The molecule has 0 aliphatic carbocycles. The molecule has 0 saturated heterocycles. The Morgan fingerprint density at radius 1 is 0.838 bits per heavy atom. The number of nitrogens with zero attached hydrogens (tertiary/aromatic N) is 1. The first-order valence-corrected chi connectivity index (χ1v) is 14.5. The zero-order valence-corrected chi connectivity index (χ0v) is 22.6. The summed E-state index contributed by atoms with van der Waals surface area (Å²) in [7, 11) is -3.96. The van der Waals surface area contributed by atoms with Crippen LogP contribution in [0.5, 0.6) is 0 Å². The number of hydrogen-bond donors (Lipinski definition) is 1. The van der Waals surface area contributed by atoms with Crippen molar-refractivity contribution in [3.63, 3.8) is 0 Å². The number of rotatable bonds is 10. The number of sulfonamides is 1. The lowest BCUT2D eigenvalue weighted by Crippen LogP contribution is -2.38. The van der Waals surface area contributed by atoms with Gasteiger partial charge < -0.3 is 5.32 Å². The number of para-hydroxylation sites is 1. The molecule has 0 unspecified atom stereocenters. The van der Waals surface area contributed by atoms with E-state index in [1.54, 1.807) is 48.2 Å². The van der Waals surface area contributed by atoms with Crippen LogP contribution in [0.2, 0.25) is 0 Å². The van der Waals surface area contributed by atoms with Crippen LogP contribution in [0.25, 0.3) is 0 Å². The molecule has 4 rings (SSSR count). The Morgan fingerprint density at radius 3 is 2.16 bits per heavy atom. The Morgan fingerprint density at radius 2 is 1.49 bits per heavy atom. The van der Waals surface area contributed by atoms with E-state index in [-0.39, 0.29) is 11.4 Å². The Balaban J connectivity index is 1.51. The third-order valence-corrected chi connectivity index (χ3v) is 8.78. The molecule has 190 valence electrons. The van der Waals surface area contributed by atoms with Crippen molar-refractivity contribution in [1.82, 2.24) is 0 Å². The summed E-state index contributed by atoms with van der Waals surface area (Å²) in [4.78, 5) is 14.4. The minimum atomic E-state index is -3.96. The number of thioether (sulfide) groups is 1. The molecule has 4 aromatic carbocycles. The molecule has 5 nitrogen and oxygen atoms in total. The van der Waals surface area contributed by atoms with Gasteiger partial charge in [-0.05, 0) is 66.9 Å². The Kier molecular flexibility index (Phi) is 8.69. The van der Waals surface area contributed by atoms with Crippen molar-refractivity contribution in [2.45, 2.75) is 35.8 Å². The molecule has 1 N–H and O–H groups in total. The number of carbonyl (C=O) groups excluding carboxylic acids is 1. The molecule has 7 heteroatoms. The summed E-state index contributed by atoms with van der Waals surface area (Å²) in [5.74, 6) is 0.405. The second kappa shape index (κ2) is 12.1. The molecule has 0 aromatic heterocycles. The maximum atomic E-state index is 13.7. The van der Waals surface area contributed by atoms with E-state index in [9.17, 15) is 13.2 Å². The van der Waals surface area contributed by atoms with Crippen LogP contribution >= 0.6 is 11.8 Å². The largest absolute Gasteiger partial charge is 0.325 e. The highest BCUT2D eigenvalue weighted by Gasteiger charge is 2.28. The van der Waals surface area contributed by atoms with Gasteiger partial charge in [0.1, 0.15) is 6.54 Å². The predicted octanol–water partition coefficient (Wildman–Crippen LogP) is 6.68. The van der Waals surface area contributed by atoms with Crippen LogP contribution in [-0.2, 0) is 27.0 Å². The van der Waals surface area contributed by atoms with Crippen LogP contribution < -0.4 is 9.62 Å². The first-order valence-electron chi connectivity index (χ1n) is 12.1. The van der Waals surface area contributed by atoms with Crippen LogP contribution in [0.3, 0.4) is 0 Å². The van der Waals surface area contributed by atoms with Gasteiger partial charge in [-0.25, -0.2) is 8.42 Å². The van der Waals surface area contributed by atoms with E-state index in [0.717, 1.165) is 22.4 Å². The van der Waals surface area contributed by atoms with E-state index in [4.69, 9.17) is 0 Å². The molecular weight excluding hydrogens is 500 g/mol. The fourth-order valence-corrected chi connectivity index (χ4v) is 6.22. The zero-order chi connectivity index (χ0) is 26.3. The molecule has 37 heavy (non-hydrogen) atoms. The van der Waals surface area contributed by atoms with Crippen molar-refractivity contribution in [3.05, 3.63) is 120 Å². The number of carbonyl (C=O) groups is 1. The summed E-state index contributed by atoms with van der Waals surface area (Å²) in [5.41, 5.74) is 4.07. The molecule has 0 saturated carbocycles. The maximum absolute atomic E-state index is 13.7. The molecular formula is C30H30N2O3S2. The van der Waals surface area contributed by atoms with Crippen LogP contribution in [0.4, 0.5) is 11.4 Å². The van der Waals surface area contributed by atoms with Gasteiger partial charge in [0, 0.05) is 16.3 Å². The standard InChI is InChI=1S/C30H30N2O3S2/c1-3-25-9-7-8-12-29(25)32(37(34,35)28-19-13-23(2)14-20-28)21-30(33)31-26-17-15-24(16-18-26)22-36-27-10-5-4-6-11-27/h4-20H,3,21-22H2,1-2H3,(H,31,33). The zero-order valence-electron chi connectivity index (χ0n) is 20.9. The van der Waals surface area contributed by atoms with E-state index >= 15 is 0 Å². The average molecular weight is 531 g/mol. The highest BCUT2D eigenvalue weighted by Crippen LogP contribution is 2.28. The van der Waals surface area contributed by atoms with Gasteiger partial charge in [-0.15, -0.1) is 11.8 Å². The van der Waals surface area contributed by atoms with Crippen molar-refractivity contribution < 1.29 is 13.2 Å². The van der Waals surface area contributed by atoms with Gasteiger partial charge in [-0.3, -0.25) is 9.10 Å². The maximum Gasteiger partial charge on any atom is 0.264 e. The molecule has 0 heterocycles. The molecule has 0 spiro atoms. The smallest absolute Gasteiger partial charge is 0.264 e. The van der Waals surface area contributed by atoms with Gasteiger partial charge in [-0.2, -0.15) is 0 Å². The van der Waals surface area contributed by atoms with Gasteiger partial charge in [0.15, 0.2) is 0 Å². The monoisotopic (exact) mass is 530 g/mol. The fourth-order valence-electron chi connectivity index (χ4n) is 3.89. The average Bonchev–Trinajstić information content (AvgIpc) is 2.92. The summed E-state index contributed by atoms with van der Waals surface area (Å²) in [5, 5.41) is 2.86. The van der Waals surface area contributed by atoms with Crippen LogP contribution in [0.1, 0.15) is 23.6 Å². The number of benzene rings is 4. The highest BCUT2D eigenvalue weighted by atomic mass is 32.2. The number of hydrogen-bond acceptors (Lipinski definition) is 4. The molecule has 1 amide bonds.